The number of hydrogen-bond donors (Lipinski definition) is 0. The van der Waals surface area contributed by atoms with Gasteiger partial charge in [0.2, 0.25) is 11.8 Å². The van der Waals surface area contributed by atoms with Crippen molar-refractivity contribution in [2.45, 2.75) is 18.9 Å². The molecule has 2 aliphatic heterocycles. The van der Waals surface area contributed by atoms with Crippen LogP contribution in [0.15, 0.2) is 12.2 Å². The number of sulfone groups is 1. The molecule has 2 saturated heterocycles. The highest BCUT2D eigenvalue weighted by molar-refractivity contribution is 7.91. The van der Waals surface area contributed by atoms with Crippen LogP contribution in [0.5, 0.6) is 0 Å². The minimum atomic E-state index is -3.08. The first-order chi connectivity index (χ1) is 8.98. The number of carbonyl (C=O) groups excluding carboxylic acids is 2. The molecular formula is C13H15NO4S. The Morgan fingerprint density at radius 2 is 1.63 bits per heavy atom. The summed E-state index contributed by atoms with van der Waals surface area (Å²) in [6.07, 6.45) is 5.41. The average molecular weight is 281 g/mol. The summed E-state index contributed by atoms with van der Waals surface area (Å²) in [6, 6.07) is -0.421. The Morgan fingerprint density at radius 1 is 1.05 bits per heavy atom. The highest BCUT2D eigenvalue weighted by Crippen LogP contribution is 2.53. The Kier molecular flexibility index (Phi) is 2.13. The Labute approximate surface area is 111 Å². The van der Waals surface area contributed by atoms with Gasteiger partial charge in [-0.15, -0.1) is 0 Å². The number of rotatable bonds is 1. The molecule has 0 aromatic heterocycles. The van der Waals surface area contributed by atoms with E-state index >= 15 is 0 Å². The van der Waals surface area contributed by atoms with Gasteiger partial charge in [-0.05, 0) is 24.7 Å². The fraction of sp³-hybridized carbons (Fsp3) is 0.692. The van der Waals surface area contributed by atoms with Crippen LogP contribution in [0.4, 0.5) is 0 Å². The molecule has 6 heteroatoms. The van der Waals surface area contributed by atoms with Crippen molar-refractivity contribution < 1.29 is 18.0 Å². The number of imide groups is 1. The molecule has 0 unspecified atom stereocenters. The van der Waals surface area contributed by atoms with Gasteiger partial charge >= 0.3 is 0 Å². The Hall–Kier alpha value is -1.17. The highest BCUT2D eigenvalue weighted by Gasteiger charge is 2.60. The van der Waals surface area contributed by atoms with Gasteiger partial charge in [0.15, 0.2) is 9.84 Å². The van der Waals surface area contributed by atoms with Crippen LogP contribution in [0.25, 0.3) is 0 Å². The van der Waals surface area contributed by atoms with Gasteiger partial charge < -0.3 is 0 Å². The van der Waals surface area contributed by atoms with E-state index in [4.69, 9.17) is 0 Å². The third kappa shape index (κ3) is 1.43. The molecule has 4 aliphatic rings. The van der Waals surface area contributed by atoms with Crippen molar-refractivity contribution in [3.63, 3.8) is 0 Å². The zero-order valence-electron chi connectivity index (χ0n) is 10.4. The van der Waals surface area contributed by atoms with E-state index in [1.54, 1.807) is 0 Å². The summed E-state index contributed by atoms with van der Waals surface area (Å²) < 4.78 is 23.1. The molecule has 1 saturated carbocycles. The van der Waals surface area contributed by atoms with Crippen molar-refractivity contribution in [1.29, 1.82) is 0 Å². The lowest BCUT2D eigenvalue weighted by Gasteiger charge is -2.22. The quantitative estimate of drug-likeness (QED) is 0.500. The van der Waals surface area contributed by atoms with Crippen LogP contribution in [0.3, 0.4) is 0 Å². The summed E-state index contributed by atoms with van der Waals surface area (Å²) >= 11 is 0. The molecule has 102 valence electrons. The lowest BCUT2D eigenvalue weighted by molar-refractivity contribution is -0.142. The first-order valence-corrected chi connectivity index (χ1v) is 8.56. The molecule has 0 aromatic carbocycles. The molecule has 0 N–H and O–H groups in total. The molecule has 2 heterocycles. The van der Waals surface area contributed by atoms with Crippen LogP contribution in [0, 0.1) is 23.7 Å². The summed E-state index contributed by atoms with van der Waals surface area (Å²) in [7, 11) is -3.08. The lowest BCUT2D eigenvalue weighted by Crippen LogP contribution is -2.42. The Morgan fingerprint density at radius 3 is 2.11 bits per heavy atom. The number of hydrogen-bond acceptors (Lipinski definition) is 4. The molecule has 2 amide bonds. The minimum Gasteiger partial charge on any atom is -0.278 e. The topological polar surface area (TPSA) is 71.5 Å². The second-order valence-electron chi connectivity index (χ2n) is 6.10. The summed E-state index contributed by atoms with van der Waals surface area (Å²) in [4.78, 5) is 26.2. The van der Waals surface area contributed by atoms with E-state index in [2.05, 4.69) is 0 Å². The molecule has 5 atom stereocenters. The molecule has 5 nitrogen and oxygen atoms in total. The smallest absolute Gasteiger partial charge is 0.234 e. The molecule has 2 aliphatic carbocycles. The van der Waals surface area contributed by atoms with Crippen LogP contribution in [-0.4, -0.2) is 42.7 Å². The maximum atomic E-state index is 12.5. The number of fused-ring (bicyclic) bond motifs is 5. The van der Waals surface area contributed by atoms with E-state index in [-0.39, 0.29) is 47.0 Å². The SMILES string of the molecule is O=C1[C@@H]2[C@H](C(=O)N1[C@@H]1CCS(=O)(=O)C1)[C@@H]1C=C[C@H]2C1. The van der Waals surface area contributed by atoms with Gasteiger partial charge in [0.05, 0.1) is 29.4 Å². The van der Waals surface area contributed by atoms with Crippen molar-refractivity contribution in [3.05, 3.63) is 12.2 Å². The van der Waals surface area contributed by atoms with Crippen LogP contribution in [0.1, 0.15) is 12.8 Å². The monoisotopic (exact) mass is 281 g/mol. The van der Waals surface area contributed by atoms with Gasteiger partial charge in [-0.3, -0.25) is 14.5 Å². The van der Waals surface area contributed by atoms with Crippen LogP contribution in [0.2, 0.25) is 0 Å². The first kappa shape index (κ1) is 11.6. The van der Waals surface area contributed by atoms with E-state index in [0.717, 1.165) is 6.42 Å². The maximum absolute atomic E-state index is 12.5. The number of likely N-dealkylation sites (tertiary alicyclic amines) is 1. The molecular weight excluding hydrogens is 266 g/mol. The zero-order chi connectivity index (χ0) is 13.4. The van der Waals surface area contributed by atoms with Crippen molar-refractivity contribution in [2.75, 3.05) is 11.5 Å². The third-order valence-corrected chi connectivity index (χ3v) is 6.83. The Balaban J connectivity index is 1.66. The van der Waals surface area contributed by atoms with Crippen LogP contribution >= 0.6 is 0 Å². The number of nitrogens with zero attached hydrogens (tertiary/aromatic N) is 1. The largest absolute Gasteiger partial charge is 0.278 e. The van der Waals surface area contributed by atoms with Crippen molar-refractivity contribution >= 4 is 21.7 Å². The molecule has 19 heavy (non-hydrogen) atoms. The van der Waals surface area contributed by atoms with Crippen LogP contribution < -0.4 is 0 Å². The fourth-order valence-electron chi connectivity index (χ4n) is 4.26. The number of allylic oxidation sites excluding steroid dienone is 2. The minimum absolute atomic E-state index is 0.0489. The van der Waals surface area contributed by atoms with Gasteiger partial charge in [0.1, 0.15) is 0 Å². The van der Waals surface area contributed by atoms with Crippen molar-refractivity contribution in [2.24, 2.45) is 23.7 Å². The molecule has 3 fully saturated rings. The normalized spacial score (nSPS) is 46.3. The van der Waals surface area contributed by atoms with E-state index in [1.165, 1.54) is 4.90 Å². The number of amides is 2. The molecule has 0 spiro atoms. The predicted octanol–water partition coefficient (Wildman–Crippen LogP) is -0.0194. The summed E-state index contributed by atoms with van der Waals surface area (Å²) in [5.41, 5.74) is 0. The van der Waals surface area contributed by atoms with Gasteiger partial charge in [0, 0.05) is 0 Å². The summed E-state index contributed by atoms with van der Waals surface area (Å²) in [5.74, 6) is -0.273. The molecule has 4 rings (SSSR count). The lowest BCUT2D eigenvalue weighted by atomic mass is 9.85. The second kappa shape index (κ2) is 3.48. The summed E-state index contributed by atoms with van der Waals surface area (Å²) in [5, 5.41) is 0. The zero-order valence-corrected chi connectivity index (χ0v) is 11.2. The third-order valence-electron chi connectivity index (χ3n) is 5.08. The van der Waals surface area contributed by atoms with Crippen molar-refractivity contribution in [1.82, 2.24) is 4.90 Å². The Bertz CT molecular complexity index is 578. The molecule has 0 radical (unpaired) electrons. The standard InChI is InChI=1S/C13H15NO4S/c15-12-10-7-1-2-8(5-7)11(10)13(16)14(12)9-3-4-19(17,18)6-9/h1-2,7-11H,3-6H2/t7-,8+,9-,10-,11+/m1/s1. The fourth-order valence-corrected chi connectivity index (χ4v) is 5.96. The molecule has 0 aromatic rings. The van der Waals surface area contributed by atoms with E-state index in [1.807, 2.05) is 12.2 Å². The predicted molar refractivity (Wildman–Crippen MR) is 66.6 cm³/mol. The average Bonchev–Trinajstić information content (AvgIpc) is 3.04. The van der Waals surface area contributed by atoms with Gasteiger partial charge in [-0.2, -0.15) is 0 Å². The van der Waals surface area contributed by atoms with E-state index in [0.29, 0.717) is 6.42 Å². The van der Waals surface area contributed by atoms with E-state index in [9.17, 15) is 18.0 Å². The highest BCUT2D eigenvalue weighted by atomic mass is 32.2. The number of carbonyl (C=O) groups is 2. The van der Waals surface area contributed by atoms with Gasteiger partial charge in [-0.1, -0.05) is 12.2 Å². The summed E-state index contributed by atoms with van der Waals surface area (Å²) in [6.45, 7) is 0. The van der Waals surface area contributed by atoms with E-state index < -0.39 is 15.9 Å². The first-order valence-electron chi connectivity index (χ1n) is 6.73. The molecule has 2 bridgehead atoms. The van der Waals surface area contributed by atoms with Gasteiger partial charge in [0.25, 0.3) is 0 Å². The van der Waals surface area contributed by atoms with Gasteiger partial charge in [-0.25, -0.2) is 8.42 Å². The van der Waals surface area contributed by atoms with Crippen molar-refractivity contribution in [3.8, 4) is 0 Å². The van der Waals surface area contributed by atoms with Crippen LogP contribution in [-0.2, 0) is 19.4 Å². The second-order valence-corrected chi connectivity index (χ2v) is 8.33. The maximum Gasteiger partial charge on any atom is 0.234 e.